The van der Waals surface area contributed by atoms with Crippen LogP contribution in [0.1, 0.15) is 48.8 Å². The maximum atomic E-state index is 14.9. The molecule has 0 aliphatic heterocycles. The predicted octanol–water partition coefficient (Wildman–Crippen LogP) is 7.50. The number of anilines is 1. The Labute approximate surface area is 313 Å². The molecule has 0 saturated heterocycles. The van der Waals surface area contributed by atoms with Crippen LogP contribution in [0.5, 0.6) is 5.75 Å². The lowest BCUT2D eigenvalue weighted by Crippen LogP contribution is -2.55. The third kappa shape index (κ3) is 9.41. The van der Waals surface area contributed by atoms with Gasteiger partial charge in [-0.25, -0.2) is 8.42 Å². The Morgan fingerprint density at radius 3 is 2.25 bits per heavy atom. The Bertz CT molecular complexity index is 2010. The van der Waals surface area contributed by atoms with Crippen LogP contribution in [0.25, 0.3) is 0 Å². The molecule has 52 heavy (non-hydrogen) atoms. The first-order valence-electron chi connectivity index (χ1n) is 16.9. The molecular formula is C38H40Cl2N4O7S. The smallest absolute Gasteiger partial charge is 0.273 e. The molecule has 11 nitrogen and oxygen atoms in total. The number of hydrogen-bond donors (Lipinski definition) is 1. The van der Waals surface area contributed by atoms with Crippen LogP contribution in [0, 0.1) is 17.0 Å². The van der Waals surface area contributed by atoms with Crippen LogP contribution in [-0.4, -0.2) is 55.8 Å². The Hall–Kier alpha value is -4.65. The number of halogens is 2. The summed E-state index contributed by atoms with van der Waals surface area (Å²) >= 11 is 12.6. The fourth-order valence-corrected chi connectivity index (χ4v) is 8.06. The molecule has 14 heteroatoms. The van der Waals surface area contributed by atoms with Crippen LogP contribution in [0.2, 0.25) is 10.0 Å². The Balaban J connectivity index is 1.63. The van der Waals surface area contributed by atoms with Gasteiger partial charge < -0.3 is 15.0 Å². The highest BCUT2D eigenvalue weighted by atomic mass is 35.5. The minimum absolute atomic E-state index is 0.0534. The van der Waals surface area contributed by atoms with E-state index in [2.05, 4.69) is 5.32 Å². The van der Waals surface area contributed by atoms with Crippen molar-refractivity contribution >= 4 is 56.4 Å². The Kier molecular flexibility index (Phi) is 12.8. The van der Waals surface area contributed by atoms with Gasteiger partial charge in [0.25, 0.3) is 15.7 Å². The summed E-state index contributed by atoms with van der Waals surface area (Å²) in [6.45, 7) is 0.647. The molecule has 4 aromatic carbocycles. The van der Waals surface area contributed by atoms with E-state index in [9.17, 15) is 28.1 Å². The second kappa shape index (κ2) is 17.2. The summed E-state index contributed by atoms with van der Waals surface area (Å²) in [5.41, 5.74) is 1.24. The molecule has 0 aromatic heterocycles. The standard InChI is InChI=1S/C38H40Cl2N4O7S/c1-26-13-19-32(23-33(26)44(47)48)52(49,50)43(34-22-30(40)18-20-36(34)51-2)25-37(45)42(24-28-14-16-29(39)17-15-28)35(21-27-9-5-3-6-10-27)38(46)41-31-11-7-4-8-12-31/h3,5-6,9-10,13-20,22-23,31,35H,4,7-8,11-12,21,24-25H2,1-2H3,(H,41,46)/t35-/m1/s1. The highest BCUT2D eigenvalue weighted by molar-refractivity contribution is 7.92. The van der Waals surface area contributed by atoms with E-state index in [1.165, 1.54) is 49.3 Å². The zero-order valence-corrected chi connectivity index (χ0v) is 31.2. The van der Waals surface area contributed by atoms with Crippen molar-refractivity contribution in [1.82, 2.24) is 10.2 Å². The topological polar surface area (TPSA) is 139 Å². The molecule has 0 radical (unpaired) electrons. The number of nitro benzene ring substituents is 1. The van der Waals surface area contributed by atoms with Crippen LogP contribution in [0.15, 0.2) is 95.9 Å². The van der Waals surface area contributed by atoms with Gasteiger partial charge in [-0.15, -0.1) is 0 Å². The van der Waals surface area contributed by atoms with E-state index in [-0.39, 0.29) is 46.9 Å². The van der Waals surface area contributed by atoms with E-state index >= 15 is 0 Å². The first-order valence-corrected chi connectivity index (χ1v) is 19.1. The molecule has 2 amide bonds. The van der Waals surface area contributed by atoms with E-state index in [1.54, 1.807) is 24.3 Å². The third-order valence-corrected chi connectivity index (χ3v) is 11.4. The SMILES string of the molecule is COc1ccc(Cl)cc1N(CC(=O)N(Cc1ccc(Cl)cc1)[C@H](Cc1ccccc1)C(=O)NC1CCCCC1)S(=O)(=O)c1ccc(C)c([N+](=O)[O-])c1. The van der Waals surface area contributed by atoms with Crippen LogP contribution in [0.3, 0.4) is 0 Å². The van der Waals surface area contributed by atoms with Gasteiger partial charge >= 0.3 is 0 Å². The number of benzene rings is 4. The number of carbonyl (C=O) groups is 2. The molecular weight excluding hydrogens is 727 g/mol. The van der Waals surface area contributed by atoms with Gasteiger partial charge in [-0.2, -0.15) is 0 Å². The molecule has 1 aliphatic rings. The number of sulfonamides is 1. The number of nitrogens with one attached hydrogen (secondary N) is 1. The summed E-state index contributed by atoms with van der Waals surface area (Å²) in [4.78, 5) is 41.3. The maximum Gasteiger partial charge on any atom is 0.273 e. The summed E-state index contributed by atoms with van der Waals surface area (Å²) in [5.74, 6) is -0.980. The summed E-state index contributed by atoms with van der Waals surface area (Å²) in [6, 6.07) is 22.8. The van der Waals surface area contributed by atoms with Crippen molar-refractivity contribution in [2.24, 2.45) is 0 Å². The lowest BCUT2D eigenvalue weighted by atomic mass is 9.94. The molecule has 5 rings (SSSR count). The number of amides is 2. The van der Waals surface area contributed by atoms with Crippen molar-refractivity contribution < 1.29 is 27.7 Å². The zero-order valence-electron chi connectivity index (χ0n) is 28.8. The minimum Gasteiger partial charge on any atom is -0.495 e. The highest BCUT2D eigenvalue weighted by Gasteiger charge is 2.37. The van der Waals surface area contributed by atoms with Gasteiger partial charge in [0, 0.05) is 40.7 Å². The first kappa shape index (κ1) is 38.6. The molecule has 1 fully saturated rings. The largest absolute Gasteiger partial charge is 0.495 e. The molecule has 0 heterocycles. The third-order valence-electron chi connectivity index (χ3n) is 9.14. The average Bonchev–Trinajstić information content (AvgIpc) is 3.13. The van der Waals surface area contributed by atoms with Crippen molar-refractivity contribution in [2.75, 3.05) is 18.0 Å². The molecule has 1 N–H and O–H groups in total. The quantitative estimate of drug-likeness (QED) is 0.104. The van der Waals surface area contributed by atoms with E-state index < -0.39 is 44.0 Å². The first-order chi connectivity index (χ1) is 24.9. The number of nitro groups is 1. The van der Waals surface area contributed by atoms with Crippen molar-refractivity contribution in [3.63, 3.8) is 0 Å². The van der Waals surface area contributed by atoms with Gasteiger partial charge in [0.2, 0.25) is 11.8 Å². The van der Waals surface area contributed by atoms with Gasteiger partial charge in [-0.1, -0.05) is 91.0 Å². The summed E-state index contributed by atoms with van der Waals surface area (Å²) in [5, 5.41) is 15.6. The number of hydrogen-bond acceptors (Lipinski definition) is 7. The van der Waals surface area contributed by atoms with Crippen molar-refractivity contribution in [1.29, 1.82) is 0 Å². The predicted molar refractivity (Wildman–Crippen MR) is 201 cm³/mol. The fraction of sp³-hybridized carbons (Fsp3) is 0.316. The number of aryl methyl sites for hydroxylation is 1. The zero-order chi connectivity index (χ0) is 37.4. The average molecular weight is 768 g/mol. The lowest BCUT2D eigenvalue weighted by molar-refractivity contribution is -0.385. The normalized spacial score (nSPS) is 13.9. The van der Waals surface area contributed by atoms with Crippen LogP contribution in [0.4, 0.5) is 11.4 Å². The molecule has 0 unspecified atom stereocenters. The van der Waals surface area contributed by atoms with Crippen LogP contribution < -0.4 is 14.4 Å². The second-order valence-corrected chi connectivity index (χ2v) is 15.5. The van der Waals surface area contributed by atoms with Gasteiger partial charge in [0.15, 0.2) is 0 Å². The number of rotatable bonds is 14. The summed E-state index contributed by atoms with van der Waals surface area (Å²) in [6.07, 6.45) is 4.83. The van der Waals surface area contributed by atoms with Crippen LogP contribution >= 0.6 is 23.2 Å². The van der Waals surface area contributed by atoms with Crippen molar-refractivity contribution in [2.45, 2.75) is 69.0 Å². The van der Waals surface area contributed by atoms with Crippen LogP contribution in [-0.2, 0) is 32.6 Å². The molecule has 274 valence electrons. The van der Waals surface area contributed by atoms with Gasteiger partial charge in [0.05, 0.1) is 22.6 Å². The molecule has 1 aliphatic carbocycles. The van der Waals surface area contributed by atoms with Crippen molar-refractivity contribution in [3.8, 4) is 5.75 Å². The van der Waals surface area contributed by atoms with E-state index in [4.69, 9.17) is 27.9 Å². The lowest BCUT2D eigenvalue weighted by Gasteiger charge is -2.35. The number of nitrogens with zero attached hydrogens (tertiary/aromatic N) is 3. The van der Waals surface area contributed by atoms with Gasteiger partial charge in [-0.05, 0) is 67.3 Å². The Morgan fingerprint density at radius 2 is 1.60 bits per heavy atom. The molecule has 1 atom stereocenters. The monoisotopic (exact) mass is 766 g/mol. The second-order valence-electron chi connectivity index (χ2n) is 12.7. The van der Waals surface area contributed by atoms with Crippen molar-refractivity contribution in [3.05, 3.63) is 128 Å². The van der Waals surface area contributed by atoms with E-state index in [1.807, 2.05) is 30.3 Å². The number of methoxy groups -OCH3 is 1. The summed E-state index contributed by atoms with van der Waals surface area (Å²) in [7, 11) is -3.34. The van der Waals surface area contributed by atoms with Gasteiger partial charge in [0.1, 0.15) is 18.3 Å². The fourth-order valence-electron chi connectivity index (χ4n) is 6.33. The molecule has 4 aromatic rings. The highest BCUT2D eigenvalue weighted by Crippen LogP contribution is 2.36. The number of ether oxygens (including phenoxy) is 1. The molecule has 1 saturated carbocycles. The summed E-state index contributed by atoms with van der Waals surface area (Å²) < 4.78 is 35.4. The van der Waals surface area contributed by atoms with E-state index in [0.29, 0.717) is 10.6 Å². The minimum atomic E-state index is -4.69. The maximum absolute atomic E-state index is 14.9. The van der Waals surface area contributed by atoms with E-state index in [0.717, 1.165) is 48.0 Å². The molecule has 0 bridgehead atoms. The molecule has 0 spiro atoms. The van der Waals surface area contributed by atoms with Gasteiger partial charge in [-0.3, -0.25) is 24.0 Å². The number of carbonyl (C=O) groups excluding carboxylic acids is 2. The Morgan fingerprint density at radius 1 is 0.923 bits per heavy atom.